The van der Waals surface area contributed by atoms with E-state index in [1.54, 1.807) is 6.92 Å². The molecule has 1 aromatic carbocycles. The second-order valence-electron chi connectivity index (χ2n) is 4.85. The summed E-state index contributed by atoms with van der Waals surface area (Å²) in [5.41, 5.74) is 1.13. The van der Waals surface area contributed by atoms with Crippen LogP contribution in [0.2, 0.25) is 0 Å². The summed E-state index contributed by atoms with van der Waals surface area (Å²) in [6, 6.07) is 9.89. The Labute approximate surface area is 125 Å². The Kier molecular flexibility index (Phi) is 8.12. The van der Waals surface area contributed by atoms with Crippen molar-refractivity contribution in [3.63, 3.8) is 0 Å². The van der Waals surface area contributed by atoms with Gasteiger partial charge in [-0.2, -0.15) is 0 Å². The normalized spacial score (nSPS) is 10.6. The van der Waals surface area contributed by atoms with E-state index in [-0.39, 0.29) is 18.9 Å². The van der Waals surface area contributed by atoms with E-state index in [4.69, 9.17) is 9.84 Å². The zero-order chi connectivity index (χ0) is 15.5. The van der Waals surface area contributed by atoms with Gasteiger partial charge in [0.25, 0.3) is 0 Å². The largest absolute Gasteiger partial charge is 0.481 e. The van der Waals surface area contributed by atoms with Gasteiger partial charge in [0.05, 0.1) is 13.2 Å². The second kappa shape index (κ2) is 9.94. The zero-order valence-electron chi connectivity index (χ0n) is 12.5. The van der Waals surface area contributed by atoms with Crippen LogP contribution in [0.25, 0.3) is 0 Å². The summed E-state index contributed by atoms with van der Waals surface area (Å²) in [6.45, 7) is 3.73. The van der Waals surface area contributed by atoms with Gasteiger partial charge in [0.2, 0.25) is 0 Å². The number of carbonyl (C=O) groups excluding carboxylic acids is 1. The van der Waals surface area contributed by atoms with Crippen molar-refractivity contribution >= 4 is 11.9 Å². The van der Waals surface area contributed by atoms with Gasteiger partial charge in [-0.3, -0.25) is 14.5 Å². The maximum absolute atomic E-state index is 11.6. The Balaban J connectivity index is 2.48. The van der Waals surface area contributed by atoms with Crippen LogP contribution in [0.3, 0.4) is 0 Å². The minimum atomic E-state index is -0.782. The summed E-state index contributed by atoms with van der Waals surface area (Å²) in [5.74, 6) is -1.03. The predicted molar refractivity (Wildman–Crippen MR) is 79.8 cm³/mol. The van der Waals surface area contributed by atoms with Gasteiger partial charge in [0, 0.05) is 13.0 Å². The number of esters is 1. The average molecular weight is 293 g/mol. The van der Waals surface area contributed by atoms with Crippen LogP contribution < -0.4 is 0 Å². The highest BCUT2D eigenvalue weighted by atomic mass is 16.5. The first-order chi connectivity index (χ1) is 10.1. The summed E-state index contributed by atoms with van der Waals surface area (Å²) >= 11 is 0. The molecule has 0 radical (unpaired) electrons. The molecule has 0 saturated carbocycles. The molecule has 1 N–H and O–H groups in total. The molecule has 0 spiro atoms. The molecule has 0 bridgehead atoms. The summed E-state index contributed by atoms with van der Waals surface area (Å²) in [7, 11) is 0. The fourth-order valence-electron chi connectivity index (χ4n) is 2.06. The number of benzene rings is 1. The highest BCUT2D eigenvalue weighted by Gasteiger charge is 2.12. The van der Waals surface area contributed by atoms with Crippen LogP contribution >= 0.6 is 0 Å². The van der Waals surface area contributed by atoms with Crippen LogP contribution in [-0.4, -0.2) is 41.6 Å². The third kappa shape index (κ3) is 8.09. The molecule has 21 heavy (non-hydrogen) atoms. The van der Waals surface area contributed by atoms with Crippen molar-refractivity contribution in [3.8, 4) is 0 Å². The lowest BCUT2D eigenvalue weighted by Gasteiger charge is -2.21. The van der Waals surface area contributed by atoms with Gasteiger partial charge in [0.1, 0.15) is 0 Å². The molecule has 116 valence electrons. The molecular formula is C16H23NO4. The van der Waals surface area contributed by atoms with Gasteiger partial charge >= 0.3 is 11.9 Å². The predicted octanol–water partition coefficient (Wildman–Crippen LogP) is 2.31. The molecule has 0 atom stereocenters. The van der Waals surface area contributed by atoms with Crippen molar-refractivity contribution in [2.24, 2.45) is 0 Å². The number of ether oxygens (including phenoxy) is 1. The number of hydrogen-bond donors (Lipinski definition) is 1. The van der Waals surface area contributed by atoms with E-state index >= 15 is 0 Å². The van der Waals surface area contributed by atoms with Crippen molar-refractivity contribution in [1.82, 2.24) is 4.90 Å². The molecule has 0 aliphatic heterocycles. The monoisotopic (exact) mass is 293 g/mol. The summed E-state index contributed by atoms with van der Waals surface area (Å²) in [6.07, 6.45) is 1.53. The molecule has 0 fully saturated rings. The van der Waals surface area contributed by atoms with E-state index in [1.807, 2.05) is 35.2 Å². The molecule has 0 aliphatic rings. The van der Waals surface area contributed by atoms with E-state index < -0.39 is 5.97 Å². The van der Waals surface area contributed by atoms with Crippen molar-refractivity contribution in [2.75, 3.05) is 19.7 Å². The van der Waals surface area contributed by atoms with E-state index in [1.165, 1.54) is 0 Å². The number of unbranched alkanes of at least 4 members (excludes halogenated alkanes) is 1. The number of aliphatic carboxylic acids is 1. The highest BCUT2D eigenvalue weighted by molar-refractivity contribution is 5.71. The first-order valence-corrected chi connectivity index (χ1v) is 7.25. The fraction of sp³-hybridized carbons (Fsp3) is 0.500. The topological polar surface area (TPSA) is 66.8 Å². The van der Waals surface area contributed by atoms with Crippen LogP contribution in [-0.2, 0) is 20.9 Å². The van der Waals surface area contributed by atoms with E-state index in [9.17, 15) is 9.59 Å². The van der Waals surface area contributed by atoms with Crippen LogP contribution in [0.1, 0.15) is 31.7 Å². The first kappa shape index (κ1) is 17.2. The van der Waals surface area contributed by atoms with Gasteiger partial charge in [0.15, 0.2) is 0 Å². The number of hydrogen-bond acceptors (Lipinski definition) is 4. The van der Waals surface area contributed by atoms with Gasteiger partial charge in [-0.25, -0.2) is 0 Å². The molecule has 0 aliphatic carbocycles. The number of carboxylic acids is 1. The quantitative estimate of drug-likeness (QED) is 0.529. The number of rotatable bonds is 10. The molecule has 5 heteroatoms. The molecule has 1 rings (SSSR count). The summed E-state index contributed by atoms with van der Waals surface area (Å²) < 4.78 is 4.98. The lowest BCUT2D eigenvalue weighted by atomic mass is 10.2. The van der Waals surface area contributed by atoms with E-state index in [2.05, 4.69) is 0 Å². The number of carbonyl (C=O) groups is 2. The molecular weight excluding hydrogens is 270 g/mol. The third-order valence-electron chi connectivity index (χ3n) is 3.02. The van der Waals surface area contributed by atoms with Crippen LogP contribution in [0.5, 0.6) is 0 Å². The Hall–Kier alpha value is -1.88. The minimum absolute atomic E-state index is 0.165. The van der Waals surface area contributed by atoms with Crippen molar-refractivity contribution in [1.29, 1.82) is 0 Å². The van der Waals surface area contributed by atoms with E-state index in [0.717, 1.165) is 12.0 Å². The van der Waals surface area contributed by atoms with E-state index in [0.29, 0.717) is 26.1 Å². The lowest BCUT2D eigenvalue weighted by Crippen LogP contribution is -2.31. The molecule has 0 aromatic heterocycles. The van der Waals surface area contributed by atoms with Gasteiger partial charge < -0.3 is 9.84 Å². The van der Waals surface area contributed by atoms with Crippen LogP contribution in [0, 0.1) is 0 Å². The highest BCUT2D eigenvalue weighted by Crippen LogP contribution is 2.07. The standard InChI is InChI=1S/C16H23NO4/c1-2-21-16(20)13-17(11-7-6-10-15(18)19)12-14-8-4-3-5-9-14/h3-5,8-9H,2,6-7,10-13H2,1H3,(H,18,19). The number of carboxylic acid groups (broad SMARTS) is 1. The number of nitrogens with zero attached hydrogens (tertiary/aromatic N) is 1. The lowest BCUT2D eigenvalue weighted by molar-refractivity contribution is -0.144. The smallest absolute Gasteiger partial charge is 0.320 e. The molecule has 5 nitrogen and oxygen atoms in total. The Morgan fingerprint density at radius 1 is 1.19 bits per heavy atom. The van der Waals surface area contributed by atoms with Crippen molar-refractivity contribution in [2.45, 2.75) is 32.7 Å². The van der Waals surface area contributed by atoms with Gasteiger partial charge in [-0.15, -0.1) is 0 Å². The summed E-state index contributed by atoms with van der Waals surface area (Å²) in [4.78, 5) is 24.1. The average Bonchev–Trinajstić information content (AvgIpc) is 2.44. The third-order valence-corrected chi connectivity index (χ3v) is 3.02. The Morgan fingerprint density at radius 2 is 1.90 bits per heavy atom. The maximum atomic E-state index is 11.6. The molecule has 0 heterocycles. The molecule has 0 saturated heterocycles. The minimum Gasteiger partial charge on any atom is -0.481 e. The van der Waals surface area contributed by atoms with Gasteiger partial charge in [-0.05, 0) is 31.9 Å². The van der Waals surface area contributed by atoms with Crippen LogP contribution in [0.15, 0.2) is 30.3 Å². The van der Waals surface area contributed by atoms with Gasteiger partial charge in [-0.1, -0.05) is 30.3 Å². The Morgan fingerprint density at radius 3 is 2.52 bits per heavy atom. The molecule has 1 aromatic rings. The van der Waals surface area contributed by atoms with Crippen LogP contribution in [0.4, 0.5) is 0 Å². The zero-order valence-corrected chi connectivity index (χ0v) is 12.5. The Bertz CT molecular complexity index is 433. The molecule has 0 unspecified atom stereocenters. The molecule has 0 amide bonds. The van der Waals surface area contributed by atoms with Crippen molar-refractivity contribution in [3.05, 3.63) is 35.9 Å². The second-order valence-corrected chi connectivity index (χ2v) is 4.85. The van der Waals surface area contributed by atoms with Crippen molar-refractivity contribution < 1.29 is 19.4 Å². The SMILES string of the molecule is CCOC(=O)CN(CCCCC(=O)O)Cc1ccccc1. The summed E-state index contributed by atoms with van der Waals surface area (Å²) in [5, 5.41) is 8.64. The maximum Gasteiger partial charge on any atom is 0.320 e. The fourth-order valence-corrected chi connectivity index (χ4v) is 2.06. The first-order valence-electron chi connectivity index (χ1n) is 7.25.